The lowest BCUT2D eigenvalue weighted by Crippen LogP contribution is -1.96. The first-order valence-electron chi connectivity index (χ1n) is 5.61. The average Bonchev–Trinajstić information content (AvgIpc) is 2.81. The van der Waals surface area contributed by atoms with Crippen molar-refractivity contribution in [3.63, 3.8) is 0 Å². The summed E-state index contributed by atoms with van der Waals surface area (Å²) in [5, 5.41) is 1.96. The topological polar surface area (TPSA) is 38.9 Å². The van der Waals surface area contributed by atoms with Crippen LogP contribution in [-0.4, -0.2) is 4.98 Å². The molecule has 3 aromatic rings. The van der Waals surface area contributed by atoms with Crippen LogP contribution in [0.3, 0.4) is 0 Å². The molecule has 0 fully saturated rings. The smallest absolute Gasteiger partial charge is 0.0805 e. The number of hydrogen-bond acceptors (Lipinski definition) is 3. The van der Waals surface area contributed by atoms with Gasteiger partial charge < -0.3 is 5.73 Å². The van der Waals surface area contributed by atoms with Crippen molar-refractivity contribution in [3.8, 4) is 10.6 Å². The summed E-state index contributed by atoms with van der Waals surface area (Å²) < 4.78 is 1.18. The predicted molar refractivity (Wildman–Crippen MR) is 78.0 cm³/mol. The Morgan fingerprint density at radius 2 is 2.06 bits per heavy atom. The molecule has 0 radical (unpaired) electrons. The average molecular weight is 275 g/mol. The van der Waals surface area contributed by atoms with Crippen LogP contribution < -0.4 is 5.73 Å². The van der Waals surface area contributed by atoms with Crippen molar-refractivity contribution in [2.75, 3.05) is 0 Å². The van der Waals surface area contributed by atoms with Crippen molar-refractivity contribution in [1.82, 2.24) is 4.98 Å². The summed E-state index contributed by atoms with van der Waals surface area (Å²) in [6, 6.07) is 12.0. The Labute approximate surface area is 114 Å². The van der Waals surface area contributed by atoms with Gasteiger partial charge in [-0.1, -0.05) is 17.7 Å². The molecule has 2 N–H and O–H groups in total. The summed E-state index contributed by atoms with van der Waals surface area (Å²) in [7, 11) is 0. The second-order valence-corrected chi connectivity index (χ2v) is 5.57. The van der Waals surface area contributed by atoms with E-state index in [0.29, 0.717) is 6.54 Å². The molecule has 3 rings (SSSR count). The van der Waals surface area contributed by atoms with E-state index < -0.39 is 0 Å². The number of rotatable bonds is 2. The highest BCUT2D eigenvalue weighted by molar-refractivity contribution is 7.22. The number of nitrogens with two attached hydrogens (primary N) is 1. The minimum atomic E-state index is 0.534. The highest BCUT2D eigenvalue weighted by atomic mass is 35.5. The molecule has 0 amide bonds. The maximum Gasteiger partial charge on any atom is 0.0805 e. The van der Waals surface area contributed by atoms with E-state index >= 15 is 0 Å². The Morgan fingerprint density at radius 1 is 1.17 bits per heavy atom. The van der Waals surface area contributed by atoms with Crippen molar-refractivity contribution in [2.24, 2.45) is 5.73 Å². The van der Waals surface area contributed by atoms with Gasteiger partial charge in [-0.05, 0) is 41.3 Å². The Hall–Kier alpha value is -1.42. The molecule has 1 aromatic carbocycles. The van der Waals surface area contributed by atoms with Gasteiger partial charge in [0, 0.05) is 22.5 Å². The Kier molecular flexibility index (Phi) is 3.04. The number of thiophene rings is 1. The third kappa shape index (κ3) is 2.12. The molecule has 0 aliphatic heterocycles. The molecule has 2 heterocycles. The number of pyridine rings is 1. The van der Waals surface area contributed by atoms with Crippen LogP contribution in [0.5, 0.6) is 0 Å². The van der Waals surface area contributed by atoms with Crippen LogP contribution in [0, 0.1) is 0 Å². The Balaban J connectivity index is 2.13. The van der Waals surface area contributed by atoms with Crippen LogP contribution in [0.2, 0.25) is 5.02 Å². The molecule has 0 atom stereocenters. The van der Waals surface area contributed by atoms with Crippen molar-refractivity contribution < 1.29 is 0 Å². The van der Waals surface area contributed by atoms with E-state index in [2.05, 4.69) is 11.1 Å². The van der Waals surface area contributed by atoms with Gasteiger partial charge >= 0.3 is 0 Å². The van der Waals surface area contributed by atoms with Crippen molar-refractivity contribution in [2.45, 2.75) is 6.54 Å². The van der Waals surface area contributed by atoms with Crippen LogP contribution in [0.15, 0.2) is 42.6 Å². The quantitative estimate of drug-likeness (QED) is 0.765. The summed E-state index contributed by atoms with van der Waals surface area (Å²) in [5.74, 6) is 0. The number of fused-ring (bicyclic) bond motifs is 1. The lowest BCUT2D eigenvalue weighted by molar-refractivity contribution is 1.06. The second-order valence-electron chi connectivity index (χ2n) is 4.05. The summed E-state index contributed by atoms with van der Waals surface area (Å²) in [6.07, 6.45) is 1.80. The fourth-order valence-electron chi connectivity index (χ4n) is 1.87. The molecule has 2 aromatic heterocycles. The molecule has 0 aliphatic rings. The van der Waals surface area contributed by atoms with E-state index in [1.54, 1.807) is 17.5 Å². The van der Waals surface area contributed by atoms with E-state index in [1.165, 1.54) is 10.1 Å². The van der Waals surface area contributed by atoms with Gasteiger partial charge in [0.15, 0.2) is 0 Å². The molecule has 4 heteroatoms. The van der Waals surface area contributed by atoms with E-state index in [1.807, 2.05) is 30.3 Å². The van der Waals surface area contributed by atoms with Crippen LogP contribution in [-0.2, 0) is 6.54 Å². The Bertz CT molecular complexity index is 706. The predicted octanol–water partition coefficient (Wildman–Crippen LogP) is 4.08. The highest BCUT2D eigenvalue weighted by Gasteiger charge is 2.06. The van der Waals surface area contributed by atoms with Gasteiger partial charge in [0.05, 0.1) is 10.6 Å². The van der Waals surface area contributed by atoms with Gasteiger partial charge in [0.25, 0.3) is 0 Å². The summed E-state index contributed by atoms with van der Waals surface area (Å²) in [4.78, 5) is 5.54. The SMILES string of the molecule is NCc1ccnc(-c2cc3ccc(Cl)cc3s2)c1. The summed E-state index contributed by atoms with van der Waals surface area (Å²) in [6.45, 7) is 0.534. The normalized spacial score (nSPS) is 11.0. The maximum atomic E-state index is 6.00. The molecular formula is C14H11ClN2S. The van der Waals surface area contributed by atoms with Gasteiger partial charge in [0.2, 0.25) is 0 Å². The summed E-state index contributed by atoms with van der Waals surface area (Å²) >= 11 is 7.69. The molecule has 0 saturated heterocycles. The van der Waals surface area contributed by atoms with Gasteiger partial charge in [-0.3, -0.25) is 4.98 Å². The van der Waals surface area contributed by atoms with Crippen LogP contribution >= 0.6 is 22.9 Å². The van der Waals surface area contributed by atoms with E-state index in [9.17, 15) is 0 Å². The van der Waals surface area contributed by atoms with Crippen molar-refractivity contribution >= 4 is 33.0 Å². The van der Waals surface area contributed by atoms with E-state index in [-0.39, 0.29) is 0 Å². The molecular weight excluding hydrogens is 264 g/mol. The van der Waals surface area contributed by atoms with Crippen molar-refractivity contribution in [1.29, 1.82) is 0 Å². The zero-order valence-electron chi connectivity index (χ0n) is 9.56. The molecule has 0 bridgehead atoms. The monoisotopic (exact) mass is 274 g/mol. The van der Waals surface area contributed by atoms with Crippen LogP contribution in [0.4, 0.5) is 0 Å². The minimum Gasteiger partial charge on any atom is -0.326 e. The molecule has 0 aliphatic carbocycles. The van der Waals surface area contributed by atoms with Gasteiger partial charge in [-0.25, -0.2) is 0 Å². The third-order valence-electron chi connectivity index (χ3n) is 2.79. The number of halogens is 1. The number of aromatic nitrogens is 1. The molecule has 18 heavy (non-hydrogen) atoms. The van der Waals surface area contributed by atoms with E-state index in [4.69, 9.17) is 17.3 Å². The first-order valence-corrected chi connectivity index (χ1v) is 6.80. The number of nitrogens with zero attached hydrogens (tertiary/aromatic N) is 1. The van der Waals surface area contributed by atoms with E-state index in [0.717, 1.165) is 21.2 Å². The van der Waals surface area contributed by atoms with Crippen LogP contribution in [0.1, 0.15) is 5.56 Å². The second kappa shape index (κ2) is 4.69. The zero-order chi connectivity index (χ0) is 12.5. The fourth-order valence-corrected chi connectivity index (χ4v) is 3.17. The van der Waals surface area contributed by atoms with Crippen molar-refractivity contribution in [3.05, 3.63) is 53.2 Å². The van der Waals surface area contributed by atoms with Gasteiger partial charge in [-0.15, -0.1) is 11.3 Å². The lowest BCUT2D eigenvalue weighted by Gasteiger charge is -1.99. The minimum absolute atomic E-state index is 0.534. The lowest BCUT2D eigenvalue weighted by atomic mass is 10.2. The third-order valence-corrected chi connectivity index (χ3v) is 4.15. The van der Waals surface area contributed by atoms with Crippen LogP contribution in [0.25, 0.3) is 20.7 Å². The first-order chi connectivity index (χ1) is 8.76. The standard InChI is InChI=1S/C14H11ClN2S/c15-11-2-1-10-6-14(18-13(10)7-11)12-5-9(8-16)3-4-17-12/h1-7H,8,16H2. The molecule has 0 unspecified atom stereocenters. The zero-order valence-corrected chi connectivity index (χ0v) is 11.1. The molecule has 2 nitrogen and oxygen atoms in total. The first kappa shape index (κ1) is 11.7. The summed E-state index contributed by atoms with van der Waals surface area (Å²) in [5.41, 5.74) is 7.71. The molecule has 0 spiro atoms. The molecule has 90 valence electrons. The maximum absolute atomic E-state index is 6.00. The Morgan fingerprint density at radius 3 is 2.89 bits per heavy atom. The largest absolute Gasteiger partial charge is 0.326 e. The van der Waals surface area contributed by atoms with Gasteiger partial charge in [0.1, 0.15) is 0 Å². The molecule has 0 saturated carbocycles. The number of hydrogen-bond donors (Lipinski definition) is 1. The highest BCUT2D eigenvalue weighted by Crippen LogP contribution is 2.34. The van der Waals surface area contributed by atoms with Gasteiger partial charge in [-0.2, -0.15) is 0 Å². The fraction of sp³-hybridized carbons (Fsp3) is 0.0714. The number of benzene rings is 1.